The van der Waals surface area contributed by atoms with Gasteiger partial charge in [-0.3, -0.25) is 0 Å². The zero-order valence-electron chi connectivity index (χ0n) is 7.99. The summed E-state index contributed by atoms with van der Waals surface area (Å²) in [6.07, 6.45) is 1.88. The molecular formula is C8H16FNO3S. The molecule has 0 spiro atoms. The van der Waals surface area contributed by atoms with Crippen molar-refractivity contribution in [1.29, 1.82) is 0 Å². The van der Waals surface area contributed by atoms with Crippen LogP contribution in [-0.4, -0.2) is 33.4 Å². The van der Waals surface area contributed by atoms with Gasteiger partial charge in [-0.05, 0) is 25.2 Å². The van der Waals surface area contributed by atoms with Gasteiger partial charge in [-0.1, -0.05) is 0 Å². The van der Waals surface area contributed by atoms with Gasteiger partial charge in [0.15, 0.2) is 0 Å². The fourth-order valence-corrected chi connectivity index (χ4v) is 2.21. The lowest BCUT2D eigenvalue weighted by atomic mass is 9.91. The number of hydrogen-bond acceptors (Lipinski definition) is 4. The van der Waals surface area contributed by atoms with Crippen LogP contribution in [0.2, 0.25) is 0 Å². The highest BCUT2D eigenvalue weighted by Gasteiger charge is 2.22. The highest BCUT2D eigenvalue weighted by molar-refractivity contribution is 7.86. The molecule has 0 radical (unpaired) electrons. The van der Waals surface area contributed by atoms with Crippen molar-refractivity contribution in [2.24, 2.45) is 11.7 Å². The summed E-state index contributed by atoms with van der Waals surface area (Å²) in [4.78, 5) is 0. The van der Waals surface area contributed by atoms with Gasteiger partial charge >= 0.3 is 10.2 Å². The third-order valence-electron chi connectivity index (χ3n) is 2.57. The Labute approximate surface area is 83.8 Å². The molecule has 1 unspecified atom stereocenters. The van der Waals surface area contributed by atoms with E-state index in [9.17, 15) is 12.3 Å². The van der Waals surface area contributed by atoms with E-state index < -0.39 is 16.0 Å². The van der Waals surface area contributed by atoms with Crippen molar-refractivity contribution < 1.29 is 17.0 Å². The monoisotopic (exact) mass is 225 g/mol. The summed E-state index contributed by atoms with van der Waals surface area (Å²) >= 11 is 0. The molecule has 1 fully saturated rings. The summed E-state index contributed by atoms with van der Waals surface area (Å²) in [7, 11) is -4.37. The van der Waals surface area contributed by atoms with Gasteiger partial charge in [-0.2, -0.15) is 8.42 Å². The Morgan fingerprint density at radius 1 is 1.43 bits per heavy atom. The van der Waals surface area contributed by atoms with Gasteiger partial charge in [-0.25, -0.2) is 0 Å². The van der Waals surface area contributed by atoms with E-state index in [-0.39, 0.29) is 18.4 Å². The van der Waals surface area contributed by atoms with Crippen molar-refractivity contribution in [2.45, 2.75) is 25.3 Å². The highest BCUT2D eigenvalue weighted by Crippen LogP contribution is 2.19. The first-order chi connectivity index (χ1) is 6.49. The van der Waals surface area contributed by atoms with Crippen LogP contribution in [0.15, 0.2) is 0 Å². The van der Waals surface area contributed by atoms with Crippen molar-refractivity contribution >= 4 is 10.2 Å². The molecule has 0 bridgehead atoms. The molecule has 14 heavy (non-hydrogen) atoms. The molecule has 0 aromatic rings. The minimum Gasteiger partial charge on any atom is -0.381 e. The minimum absolute atomic E-state index is 0.198. The van der Waals surface area contributed by atoms with Crippen LogP contribution in [-0.2, 0) is 15.0 Å². The lowest BCUT2D eigenvalue weighted by molar-refractivity contribution is 0.0581. The van der Waals surface area contributed by atoms with Crippen LogP contribution in [0, 0.1) is 5.92 Å². The van der Waals surface area contributed by atoms with E-state index in [4.69, 9.17) is 10.5 Å². The maximum Gasteiger partial charge on any atom is 0.302 e. The molecule has 0 aromatic carbocycles. The summed E-state index contributed by atoms with van der Waals surface area (Å²) in [5.74, 6) is -0.198. The fourth-order valence-electron chi connectivity index (χ4n) is 1.66. The summed E-state index contributed by atoms with van der Waals surface area (Å²) < 4.78 is 37.9. The minimum atomic E-state index is -4.37. The number of nitrogens with two attached hydrogens (primary N) is 1. The Balaban J connectivity index is 2.30. The van der Waals surface area contributed by atoms with Gasteiger partial charge in [0.1, 0.15) is 0 Å². The van der Waals surface area contributed by atoms with Crippen LogP contribution in [0.1, 0.15) is 19.3 Å². The summed E-state index contributed by atoms with van der Waals surface area (Å²) in [6, 6.07) is -0.232. The van der Waals surface area contributed by atoms with Crippen molar-refractivity contribution in [3.05, 3.63) is 0 Å². The molecule has 0 amide bonds. The predicted molar refractivity (Wildman–Crippen MR) is 51.0 cm³/mol. The summed E-state index contributed by atoms with van der Waals surface area (Å²) in [6.45, 7) is 1.33. The van der Waals surface area contributed by atoms with Crippen LogP contribution < -0.4 is 5.73 Å². The molecule has 1 heterocycles. The van der Waals surface area contributed by atoms with Crippen molar-refractivity contribution in [1.82, 2.24) is 0 Å². The first kappa shape index (κ1) is 11.9. The largest absolute Gasteiger partial charge is 0.381 e. The van der Waals surface area contributed by atoms with Gasteiger partial charge in [0.25, 0.3) is 0 Å². The van der Waals surface area contributed by atoms with Gasteiger partial charge in [0.2, 0.25) is 0 Å². The summed E-state index contributed by atoms with van der Waals surface area (Å²) in [5, 5.41) is 0. The van der Waals surface area contributed by atoms with Crippen molar-refractivity contribution in [3.8, 4) is 0 Å². The van der Waals surface area contributed by atoms with Gasteiger partial charge in [0, 0.05) is 19.3 Å². The van der Waals surface area contributed by atoms with E-state index in [1.165, 1.54) is 0 Å². The third kappa shape index (κ3) is 4.34. The van der Waals surface area contributed by atoms with E-state index in [1.54, 1.807) is 0 Å². The summed E-state index contributed by atoms with van der Waals surface area (Å²) in [5.41, 5.74) is 5.77. The Bertz CT molecular complexity index is 262. The van der Waals surface area contributed by atoms with E-state index in [0.29, 0.717) is 13.2 Å². The molecule has 84 valence electrons. The molecule has 1 rings (SSSR count). The van der Waals surface area contributed by atoms with Crippen molar-refractivity contribution in [2.75, 3.05) is 19.0 Å². The first-order valence-corrected chi connectivity index (χ1v) is 6.30. The fraction of sp³-hybridized carbons (Fsp3) is 1.00. The molecule has 1 aliphatic rings. The Kier molecular flexibility index (Phi) is 4.28. The number of ether oxygens (including phenoxy) is 1. The molecule has 2 N–H and O–H groups in total. The van der Waals surface area contributed by atoms with Gasteiger partial charge in [0.05, 0.1) is 5.75 Å². The SMILES string of the molecule is NC(CCS(=O)(=O)F)C1CCOCC1. The van der Waals surface area contributed by atoms with Gasteiger partial charge < -0.3 is 10.5 Å². The van der Waals surface area contributed by atoms with Crippen LogP contribution >= 0.6 is 0 Å². The molecule has 1 aliphatic heterocycles. The second kappa shape index (κ2) is 5.04. The highest BCUT2D eigenvalue weighted by atomic mass is 32.3. The average Bonchev–Trinajstić information content (AvgIpc) is 2.14. The molecule has 0 saturated carbocycles. The van der Waals surface area contributed by atoms with Crippen LogP contribution in [0.3, 0.4) is 0 Å². The zero-order valence-corrected chi connectivity index (χ0v) is 8.80. The standard InChI is InChI=1S/C8H16FNO3S/c9-14(11,12)6-3-8(10)7-1-4-13-5-2-7/h7-8H,1-6,10H2. The van der Waals surface area contributed by atoms with Crippen LogP contribution in [0.4, 0.5) is 3.89 Å². The van der Waals surface area contributed by atoms with E-state index in [2.05, 4.69) is 0 Å². The number of hydrogen-bond donors (Lipinski definition) is 1. The van der Waals surface area contributed by atoms with Gasteiger partial charge in [-0.15, -0.1) is 3.89 Å². The Hall–Kier alpha value is -0.200. The first-order valence-electron chi connectivity index (χ1n) is 4.75. The lowest BCUT2D eigenvalue weighted by Gasteiger charge is -2.27. The third-order valence-corrected chi connectivity index (χ3v) is 3.29. The zero-order chi connectivity index (χ0) is 10.6. The molecule has 1 saturated heterocycles. The molecule has 4 nitrogen and oxygen atoms in total. The van der Waals surface area contributed by atoms with E-state index in [1.807, 2.05) is 0 Å². The molecule has 0 aliphatic carbocycles. The number of halogens is 1. The smallest absolute Gasteiger partial charge is 0.302 e. The van der Waals surface area contributed by atoms with E-state index in [0.717, 1.165) is 12.8 Å². The van der Waals surface area contributed by atoms with Crippen LogP contribution in [0.5, 0.6) is 0 Å². The van der Waals surface area contributed by atoms with Crippen molar-refractivity contribution in [3.63, 3.8) is 0 Å². The topological polar surface area (TPSA) is 69.4 Å². The lowest BCUT2D eigenvalue weighted by Crippen LogP contribution is -2.35. The Morgan fingerprint density at radius 3 is 2.50 bits per heavy atom. The quantitative estimate of drug-likeness (QED) is 0.704. The molecular weight excluding hydrogens is 209 g/mol. The number of rotatable bonds is 4. The molecule has 6 heteroatoms. The normalized spacial score (nSPS) is 22.1. The van der Waals surface area contributed by atoms with E-state index >= 15 is 0 Å². The maximum atomic E-state index is 12.2. The second-order valence-corrected chi connectivity index (χ2v) is 5.13. The predicted octanol–water partition coefficient (Wildman–Crippen LogP) is 0.430. The van der Waals surface area contributed by atoms with Crippen LogP contribution in [0.25, 0.3) is 0 Å². The Morgan fingerprint density at radius 2 is 2.00 bits per heavy atom. The maximum absolute atomic E-state index is 12.2. The average molecular weight is 225 g/mol. The molecule has 1 atom stereocenters. The molecule has 0 aromatic heterocycles. The second-order valence-electron chi connectivity index (χ2n) is 3.65.